The lowest BCUT2D eigenvalue weighted by atomic mass is 9.90. The first-order chi connectivity index (χ1) is 5.49. The molecule has 0 amide bonds. The van der Waals surface area contributed by atoms with Gasteiger partial charge in [0.1, 0.15) is 0 Å². The second-order valence-corrected chi connectivity index (χ2v) is 9.18. The second kappa shape index (κ2) is 5.97. The van der Waals surface area contributed by atoms with Crippen molar-refractivity contribution >= 4 is 18.8 Å². The SMILES string of the molecule is CC(C)C(C)CC([SiH2][SiH3])C(C)C. The average molecular weight is 202 g/mol. The van der Waals surface area contributed by atoms with Crippen molar-refractivity contribution < 1.29 is 0 Å². The minimum Gasteiger partial charge on any atom is -0.0628 e. The molecule has 0 saturated carbocycles. The Hall–Kier alpha value is 0.434. The van der Waals surface area contributed by atoms with Crippen LogP contribution in [-0.2, 0) is 0 Å². The molecule has 0 N–H and O–H groups in total. The summed E-state index contributed by atoms with van der Waals surface area (Å²) < 4.78 is 0. The van der Waals surface area contributed by atoms with E-state index in [0.717, 1.165) is 23.3 Å². The predicted octanol–water partition coefficient (Wildman–Crippen LogP) is 1.56. The van der Waals surface area contributed by atoms with Crippen molar-refractivity contribution in [1.29, 1.82) is 0 Å². The third-order valence-electron chi connectivity index (χ3n) is 3.28. The Labute approximate surface area is 83.6 Å². The normalized spacial score (nSPS) is 18.2. The van der Waals surface area contributed by atoms with Crippen LogP contribution in [0.5, 0.6) is 0 Å². The smallest absolute Gasteiger partial charge is 0.00828 e. The van der Waals surface area contributed by atoms with E-state index in [1.54, 1.807) is 0 Å². The fourth-order valence-electron chi connectivity index (χ4n) is 1.66. The first-order valence-electron chi connectivity index (χ1n) is 5.49. The number of hydrogen-bond donors (Lipinski definition) is 0. The topological polar surface area (TPSA) is 0 Å². The van der Waals surface area contributed by atoms with Crippen LogP contribution in [0.3, 0.4) is 0 Å². The zero-order valence-corrected chi connectivity index (χ0v) is 13.1. The molecule has 0 aliphatic carbocycles. The third-order valence-corrected chi connectivity index (χ3v) is 8.75. The summed E-state index contributed by atoms with van der Waals surface area (Å²) >= 11 is 0. The van der Waals surface area contributed by atoms with Crippen LogP contribution in [0.2, 0.25) is 5.54 Å². The molecular formula is C10H26Si2. The van der Waals surface area contributed by atoms with Crippen LogP contribution in [0.1, 0.15) is 41.0 Å². The highest BCUT2D eigenvalue weighted by Crippen LogP contribution is 2.27. The van der Waals surface area contributed by atoms with Gasteiger partial charge >= 0.3 is 0 Å². The van der Waals surface area contributed by atoms with Gasteiger partial charge in [-0.1, -0.05) is 46.6 Å². The van der Waals surface area contributed by atoms with E-state index in [1.165, 1.54) is 16.2 Å². The van der Waals surface area contributed by atoms with Gasteiger partial charge in [0.05, 0.1) is 0 Å². The molecule has 0 aromatic carbocycles. The van der Waals surface area contributed by atoms with E-state index in [4.69, 9.17) is 0 Å². The van der Waals surface area contributed by atoms with Crippen molar-refractivity contribution in [2.45, 2.75) is 46.6 Å². The van der Waals surface area contributed by atoms with Crippen LogP contribution in [0, 0.1) is 17.8 Å². The molecule has 2 heteroatoms. The highest BCUT2D eigenvalue weighted by atomic mass is 29.1. The van der Waals surface area contributed by atoms with E-state index < -0.39 is 0 Å². The van der Waals surface area contributed by atoms with Crippen molar-refractivity contribution in [3.8, 4) is 0 Å². The lowest BCUT2D eigenvalue weighted by Crippen LogP contribution is -2.16. The van der Waals surface area contributed by atoms with Crippen molar-refractivity contribution in [3.05, 3.63) is 0 Å². The summed E-state index contributed by atoms with van der Waals surface area (Å²) in [6, 6.07) is 0. The van der Waals surface area contributed by atoms with E-state index in [0.29, 0.717) is 9.04 Å². The molecule has 0 aliphatic heterocycles. The van der Waals surface area contributed by atoms with Crippen molar-refractivity contribution in [1.82, 2.24) is 0 Å². The molecule has 0 aromatic heterocycles. The molecule has 0 aliphatic rings. The maximum atomic E-state index is 2.42. The van der Waals surface area contributed by atoms with Gasteiger partial charge in [0.2, 0.25) is 0 Å². The van der Waals surface area contributed by atoms with Crippen LogP contribution in [0.4, 0.5) is 0 Å². The molecule has 2 unspecified atom stereocenters. The van der Waals surface area contributed by atoms with Gasteiger partial charge in [-0.2, -0.15) is 0 Å². The predicted molar refractivity (Wildman–Crippen MR) is 65.7 cm³/mol. The molecule has 12 heavy (non-hydrogen) atoms. The summed E-state index contributed by atoms with van der Waals surface area (Å²) in [7, 11) is 1.85. The van der Waals surface area contributed by atoms with Gasteiger partial charge in [-0.05, 0) is 27.5 Å². The van der Waals surface area contributed by atoms with E-state index in [1.807, 2.05) is 0 Å². The molecule has 0 nitrogen and oxygen atoms in total. The first kappa shape index (κ1) is 12.4. The molecule has 0 bridgehead atoms. The Morgan fingerprint density at radius 3 is 1.75 bits per heavy atom. The van der Waals surface area contributed by atoms with Gasteiger partial charge < -0.3 is 0 Å². The average Bonchev–Trinajstić information content (AvgIpc) is 1.98. The summed E-state index contributed by atoms with van der Waals surface area (Å²) in [5, 5.41) is 0. The Morgan fingerprint density at radius 2 is 1.50 bits per heavy atom. The zero-order valence-electron chi connectivity index (χ0n) is 9.72. The van der Waals surface area contributed by atoms with Crippen molar-refractivity contribution in [3.63, 3.8) is 0 Å². The molecule has 0 radical (unpaired) electrons. The van der Waals surface area contributed by atoms with Gasteiger partial charge in [0, 0.05) is 9.04 Å². The molecule has 0 fully saturated rings. The molecular weight excluding hydrogens is 176 g/mol. The lowest BCUT2D eigenvalue weighted by molar-refractivity contribution is 0.358. The summed E-state index contributed by atoms with van der Waals surface area (Å²) in [4.78, 5) is 0. The quantitative estimate of drug-likeness (QED) is 0.594. The van der Waals surface area contributed by atoms with E-state index in [2.05, 4.69) is 34.6 Å². The van der Waals surface area contributed by atoms with E-state index in [-0.39, 0.29) is 0 Å². The van der Waals surface area contributed by atoms with Crippen molar-refractivity contribution in [2.24, 2.45) is 17.8 Å². The standard InChI is InChI=1S/C10H26Si2/c1-7(2)9(5)6-10(12-11)8(3)4/h7-10H,6,12H2,1-5,11H3. The van der Waals surface area contributed by atoms with Crippen LogP contribution in [-0.4, -0.2) is 18.8 Å². The Kier molecular flexibility index (Phi) is 6.19. The Morgan fingerprint density at radius 1 is 1.00 bits per heavy atom. The summed E-state index contributed by atoms with van der Waals surface area (Å²) in [5.41, 5.74) is 1.13. The monoisotopic (exact) mass is 202 g/mol. The van der Waals surface area contributed by atoms with Gasteiger partial charge in [-0.3, -0.25) is 0 Å². The van der Waals surface area contributed by atoms with Crippen LogP contribution in [0.15, 0.2) is 0 Å². The van der Waals surface area contributed by atoms with Crippen molar-refractivity contribution in [2.75, 3.05) is 0 Å². The molecule has 74 valence electrons. The number of rotatable bonds is 5. The van der Waals surface area contributed by atoms with Gasteiger partial charge in [0.25, 0.3) is 0 Å². The van der Waals surface area contributed by atoms with E-state index in [9.17, 15) is 0 Å². The first-order valence-corrected chi connectivity index (χ1v) is 12.0. The lowest BCUT2D eigenvalue weighted by Gasteiger charge is -2.24. The molecule has 0 aromatic rings. The fourth-order valence-corrected chi connectivity index (χ4v) is 7.29. The maximum absolute atomic E-state index is 2.42. The van der Waals surface area contributed by atoms with E-state index >= 15 is 0 Å². The third kappa shape index (κ3) is 4.46. The zero-order chi connectivity index (χ0) is 9.72. The summed E-state index contributed by atoms with van der Waals surface area (Å²) in [6.45, 7) is 11.9. The van der Waals surface area contributed by atoms with Crippen LogP contribution in [0.25, 0.3) is 0 Å². The second-order valence-electron chi connectivity index (χ2n) is 4.87. The highest BCUT2D eigenvalue weighted by Gasteiger charge is 2.16. The molecule has 0 rings (SSSR count). The highest BCUT2D eigenvalue weighted by molar-refractivity contribution is 6.90. The van der Waals surface area contributed by atoms with Gasteiger partial charge in [0.15, 0.2) is 0 Å². The minimum absolute atomic E-state index is 0.345. The molecule has 0 saturated heterocycles. The van der Waals surface area contributed by atoms with Gasteiger partial charge in [-0.25, -0.2) is 0 Å². The van der Waals surface area contributed by atoms with Crippen LogP contribution >= 0.6 is 0 Å². The summed E-state index contributed by atoms with van der Waals surface area (Å²) in [5.74, 6) is 2.78. The minimum atomic E-state index is 0.345. The number of hydrogen-bond acceptors (Lipinski definition) is 0. The summed E-state index contributed by atoms with van der Waals surface area (Å²) in [6.07, 6.45) is 1.51. The van der Waals surface area contributed by atoms with Crippen LogP contribution < -0.4 is 0 Å². The fraction of sp³-hybridized carbons (Fsp3) is 1.00. The largest absolute Gasteiger partial charge is 0.0628 e. The molecule has 2 atom stereocenters. The van der Waals surface area contributed by atoms with Gasteiger partial charge in [-0.15, -0.1) is 0 Å². The Bertz CT molecular complexity index is 110. The maximum Gasteiger partial charge on any atom is 0.00828 e. The molecule has 0 heterocycles. The Balaban J connectivity index is 3.85. The molecule has 0 spiro atoms.